The van der Waals surface area contributed by atoms with Crippen molar-refractivity contribution in [1.29, 1.82) is 0 Å². The lowest BCUT2D eigenvalue weighted by Crippen LogP contribution is -2.55. The zero-order valence-electron chi connectivity index (χ0n) is 21.5. The zero-order valence-corrected chi connectivity index (χ0v) is 23.0. The van der Waals surface area contributed by atoms with E-state index in [0.717, 1.165) is 22.0 Å². The number of benzene rings is 3. The molecule has 1 saturated heterocycles. The molecule has 0 amide bonds. The third kappa shape index (κ3) is 5.27. The number of fused-ring (bicyclic) bond motifs is 1. The van der Waals surface area contributed by atoms with Gasteiger partial charge in [-0.2, -0.15) is 0 Å². The van der Waals surface area contributed by atoms with Crippen molar-refractivity contribution in [3.05, 3.63) is 106 Å². The fraction of sp³-hybridized carbons (Fsp3) is 0.323. The third-order valence-electron chi connectivity index (χ3n) is 7.87. The van der Waals surface area contributed by atoms with E-state index in [-0.39, 0.29) is 18.7 Å². The highest BCUT2D eigenvalue weighted by atomic mass is 35.5. The number of rotatable bonds is 7. The van der Waals surface area contributed by atoms with Gasteiger partial charge in [0, 0.05) is 45.5 Å². The first kappa shape index (κ1) is 26.9. The summed E-state index contributed by atoms with van der Waals surface area (Å²) < 4.78 is 5.77. The summed E-state index contributed by atoms with van der Waals surface area (Å²) in [6.45, 7) is 2.71. The van der Waals surface area contributed by atoms with E-state index in [1.54, 1.807) is 13.2 Å². The number of ether oxygens (including phenoxy) is 1. The maximum Gasteiger partial charge on any atom is 0.217 e. The Labute approximate surface area is 233 Å². The molecule has 4 unspecified atom stereocenters. The number of piperidine rings is 1. The van der Waals surface area contributed by atoms with Crippen molar-refractivity contribution in [3.8, 4) is 5.88 Å². The summed E-state index contributed by atoms with van der Waals surface area (Å²) in [6.07, 6.45) is 0.884. The van der Waals surface area contributed by atoms with Crippen LogP contribution in [0.5, 0.6) is 5.88 Å². The average molecular weight is 552 g/mol. The second kappa shape index (κ2) is 11.2. The molecule has 1 aliphatic rings. The Balaban J connectivity index is 1.59. The van der Waals surface area contributed by atoms with Crippen LogP contribution in [0.4, 0.5) is 0 Å². The Morgan fingerprint density at radius 1 is 1.00 bits per heavy atom. The van der Waals surface area contributed by atoms with Crippen LogP contribution in [0.2, 0.25) is 10.0 Å². The first-order chi connectivity index (χ1) is 18.3. The Bertz CT molecular complexity index is 1400. The molecule has 7 heteroatoms. The highest BCUT2D eigenvalue weighted by Gasteiger charge is 2.47. The number of hydrogen-bond donors (Lipinski definition) is 2. The molecule has 198 valence electrons. The quantitative estimate of drug-likeness (QED) is 0.270. The van der Waals surface area contributed by atoms with E-state index in [2.05, 4.69) is 24.0 Å². The van der Waals surface area contributed by atoms with Crippen molar-refractivity contribution in [1.82, 2.24) is 9.88 Å². The average Bonchev–Trinajstić information content (AvgIpc) is 2.93. The SMILES string of the molecule is COc1nc2ccc(Cl)cc2cc1C(c1ccc(Cl)cc1)C1(O)CCN(C(C)c2ccccc2)C(CO)C1. The number of pyridine rings is 1. The minimum absolute atomic E-state index is 0.0600. The molecule has 0 saturated carbocycles. The number of nitrogens with zero attached hydrogens (tertiary/aromatic N) is 2. The van der Waals surface area contributed by atoms with E-state index in [4.69, 9.17) is 32.9 Å². The predicted molar refractivity (Wildman–Crippen MR) is 153 cm³/mol. The van der Waals surface area contributed by atoms with Crippen LogP contribution in [0, 0.1) is 0 Å². The van der Waals surface area contributed by atoms with Crippen LogP contribution < -0.4 is 4.74 Å². The summed E-state index contributed by atoms with van der Waals surface area (Å²) in [5, 5.41) is 25.0. The van der Waals surface area contributed by atoms with Gasteiger partial charge in [0.25, 0.3) is 0 Å². The second-order valence-corrected chi connectivity index (χ2v) is 11.0. The van der Waals surface area contributed by atoms with Gasteiger partial charge >= 0.3 is 0 Å². The number of halogens is 2. The summed E-state index contributed by atoms with van der Waals surface area (Å²) in [5.74, 6) is -0.0114. The van der Waals surface area contributed by atoms with Crippen LogP contribution >= 0.6 is 23.2 Å². The molecule has 2 heterocycles. The molecule has 2 N–H and O–H groups in total. The van der Waals surface area contributed by atoms with Gasteiger partial charge in [-0.05, 0) is 67.3 Å². The van der Waals surface area contributed by atoms with Crippen LogP contribution in [0.15, 0.2) is 78.9 Å². The molecule has 0 aliphatic carbocycles. The number of hydrogen-bond acceptors (Lipinski definition) is 5. The first-order valence-corrected chi connectivity index (χ1v) is 13.6. The lowest BCUT2D eigenvalue weighted by atomic mass is 9.70. The monoisotopic (exact) mass is 550 g/mol. The summed E-state index contributed by atoms with van der Waals surface area (Å²) in [7, 11) is 1.59. The number of aliphatic hydroxyl groups excluding tert-OH is 1. The van der Waals surface area contributed by atoms with E-state index >= 15 is 0 Å². The summed E-state index contributed by atoms with van der Waals surface area (Å²) in [5.41, 5.74) is 2.45. The van der Waals surface area contributed by atoms with Gasteiger partial charge in [0.05, 0.1) is 24.8 Å². The molecule has 5 nitrogen and oxygen atoms in total. The van der Waals surface area contributed by atoms with Gasteiger partial charge in [-0.1, -0.05) is 65.7 Å². The molecule has 5 rings (SSSR count). The molecule has 0 spiro atoms. The van der Waals surface area contributed by atoms with E-state index in [0.29, 0.717) is 35.3 Å². The maximum atomic E-state index is 12.4. The fourth-order valence-corrected chi connectivity index (χ4v) is 6.25. The van der Waals surface area contributed by atoms with Crippen molar-refractivity contribution < 1.29 is 14.9 Å². The van der Waals surface area contributed by atoms with Gasteiger partial charge in [0.2, 0.25) is 5.88 Å². The standard InChI is InChI=1S/C31H32Cl2N2O3/c1-20(21-6-4-3-5-7-21)35-15-14-31(37,18-26(35)19-36)29(22-8-10-24(32)11-9-22)27-17-23-16-25(33)12-13-28(23)34-30(27)38-2/h3-13,16-17,20,26,29,36-37H,14-15,18-19H2,1-2H3. The second-order valence-electron chi connectivity index (χ2n) is 10.1. The fourth-order valence-electron chi connectivity index (χ4n) is 5.95. The third-order valence-corrected chi connectivity index (χ3v) is 8.35. The molecule has 1 aromatic heterocycles. The molecule has 1 aliphatic heterocycles. The highest BCUT2D eigenvalue weighted by molar-refractivity contribution is 6.31. The van der Waals surface area contributed by atoms with Gasteiger partial charge in [0.15, 0.2) is 0 Å². The van der Waals surface area contributed by atoms with Crippen molar-refractivity contribution in [2.24, 2.45) is 0 Å². The van der Waals surface area contributed by atoms with Crippen LogP contribution in [-0.4, -0.2) is 52.0 Å². The normalized spacial score (nSPS) is 21.8. The van der Waals surface area contributed by atoms with Crippen molar-refractivity contribution in [2.75, 3.05) is 20.3 Å². The van der Waals surface area contributed by atoms with E-state index in [9.17, 15) is 10.2 Å². The minimum atomic E-state index is -1.17. The Morgan fingerprint density at radius 2 is 1.71 bits per heavy atom. The Hall–Kier alpha value is -2.67. The molecule has 4 atom stereocenters. The molecular formula is C31H32Cl2N2O3. The minimum Gasteiger partial charge on any atom is -0.481 e. The lowest BCUT2D eigenvalue weighted by Gasteiger charge is -2.49. The predicted octanol–water partition coefficient (Wildman–Crippen LogP) is 6.63. The Kier molecular flexibility index (Phi) is 7.94. The number of aromatic nitrogens is 1. The highest BCUT2D eigenvalue weighted by Crippen LogP contribution is 2.47. The summed E-state index contributed by atoms with van der Waals surface area (Å²) in [6, 6.07) is 25.2. The molecule has 38 heavy (non-hydrogen) atoms. The molecular weight excluding hydrogens is 519 g/mol. The van der Waals surface area contributed by atoms with Crippen LogP contribution in [0.3, 0.4) is 0 Å². The topological polar surface area (TPSA) is 65.8 Å². The molecule has 3 aromatic carbocycles. The van der Waals surface area contributed by atoms with Gasteiger partial charge in [-0.15, -0.1) is 0 Å². The summed E-state index contributed by atoms with van der Waals surface area (Å²) in [4.78, 5) is 7.06. The Morgan fingerprint density at radius 3 is 2.39 bits per heavy atom. The molecule has 1 fully saturated rings. The lowest BCUT2D eigenvalue weighted by molar-refractivity contribution is -0.0790. The molecule has 0 bridgehead atoms. The van der Waals surface area contributed by atoms with Crippen LogP contribution in [0.1, 0.15) is 48.4 Å². The molecule has 0 radical (unpaired) electrons. The van der Waals surface area contributed by atoms with Gasteiger partial charge < -0.3 is 14.9 Å². The maximum absolute atomic E-state index is 12.4. The van der Waals surface area contributed by atoms with E-state index < -0.39 is 11.5 Å². The van der Waals surface area contributed by atoms with Gasteiger partial charge in [0.1, 0.15) is 0 Å². The van der Waals surface area contributed by atoms with Crippen LogP contribution in [-0.2, 0) is 0 Å². The molecule has 4 aromatic rings. The van der Waals surface area contributed by atoms with Crippen molar-refractivity contribution in [3.63, 3.8) is 0 Å². The largest absolute Gasteiger partial charge is 0.481 e. The van der Waals surface area contributed by atoms with Crippen LogP contribution in [0.25, 0.3) is 10.9 Å². The number of methoxy groups -OCH3 is 1. The first-order valence-electron chi connectivity index (χ1n) is 12.9. The smallest absolute Gasteiger partial charge is 0.217 e. The number of likely N-dealkylation sites (tertiary alicyclic amines) is 1. The van der Waals surface area contributed by atoms with E-state index in [1.807, 2.05) is 60.7 Å². The van der Waals surface area contributed by atoms with E-state index in [1.165, 1.54) is 5.56 Å². The van der Waals surface area contributed by atoms with Crippen molar-refractivity contribution >= 4 is 34.1 Å². The number of aliphatic hydroxyl groups is 2. The van der Waals surface area contributed by atoms with Gasteiger partial charge in [-0.3, -0.25) is 4.90 Å². The van der Waals surface area contributed by atoms with Crippen molar-refractivity contribution in [2.45, 2.75) is 43.4 Å². The zero-order chi connectivity index (χ0) is 26.9. The summed E-state index contributed by atoms with van der Waals surface area (Å²) >= 11 is 12.6. The van der Waals surface area contributed by atoms with Gasteiger partial charge in [-0.25, -0.2) is 4.98 Å².